The smallest absolute Gasteiger partial charge is 0.262 e. The summed E-state index contributed by atoms with van der Waals surface area (Å²) in [7, 11) is 1.52. The van der Waals surface area contributed by atoms with Crippen LogP contribution < -0.4 is 15.0 Å². The van der Waals surface area contributed by atoms with Crippen molar-refractivity contribution in [2.24, 2.45) is 0 Å². The van der Waals surface area contributed by atoms with Gasteiger partial charge in [-0.25, -0.2) is 4.98 Å². The molecule has 0 spiro atoms. The van der Waals surface area contributed by atoms with Gasteiger partial charge in [-0.1, -0.05) is 0 Å². The number of nitrogens with zero attached hydrogens (tertiary/aromatic N) is 3. The van der Waals surface area contributed by atoms with Crippen LogP contribution in [0.25, 0.3) is 33.3 Å². The summed E-state index contributed by atoms with van der Waals surface area (Å²) in [6.45, 7) is 7.56. The van der Waals surface area contributed by atoms with Crippen LogP contribution in [0.3, 0.4) is 0 Å². The van der Waals surface area contributed by atoms with E-state index in [4.69, 9.17) is 19.2 Å². The molecule has 0 fully saturated rings. The third-order valence-electron chi connectivity index (χ3n) is 5.02. The zero-order chi connectivity index (χ0) is 22.0. The van der Waals surface area contributed by atoms with Crippen molar-refractivity contribution in [2.75, 3.05) is 26.9 Å². The van der Waals surface area contributed by atoms with Crippen molar-refractivity contribution in [1.82, 2.24) is 19.9 Å². The van der Waals surface area contributed by atoms with Gasteiger partial charge in [-0.05, 0) is 44.0 Å². The summed E-state index contributed by atoms with van der Waals surface area (Å²) >= 11 is 0. The van der Waals surface area contributed by atoms with Crippen molar-refractivity contribution in [3.63, 3.8) is 0 Å². The van der Waals surface area contributed by atoms with Gasteiger partial charge in [-0.2, -0.15) is 0 Å². The minimum absolute atomic E-state index is 0.295. The normalized spacial score (nSPS) is 11.2. The summed E-state index contributed by atoms with van der Waals surface area (Å²) in [5.41, 5.74) is 4.00. The maximum absolute atomic E-state index is 13.0. The lowest BCUT2D eigenvalue weighted by atomic mass is 10.0. The number of H-pyrrole nitrogens is 1. The monoisotopic (exact) mass is 420 g/mol. The van der Waals surface area contributed by atoms with Gasteiger partial charge >= 0.3 is 0 Å². The SMILES string of the molecule is CCOCCOc1c(C)cc(-c2nc3c(c(OC)cc4nccnc43)c(=O)[nH]2)cc1C. The molecule has 2 aromatic heterocycles. The second-order valence-electron chi connectivity index (χ2n) is 7.13. The lowest BCUT2D eigenvalue weighted by Gasteiger charge is -2.14. The van der Waals surface area contributed by atoms with Crippen LogP contribution in [0, 0.1) is 13.8 Å². The van der Waals surface area contributed by atoms with Crippen molar-refractivity contribution in [3.05, 3.63) is 52.1 Å². The first-order valence-electron chi connectivity index (χ1n) is 10.1. The molecular formula is C23H24N4O4. The van der Waals surface area contributed by atoms with Crippen molar-refractivity contribution in [3.8, 4) is 22.9 Å². The van der Waals surface area contributed by atoms with Gasteiger partial charge in [0.05, 0.1) is 19.2 Å². The van der Waals surface area contributed by atoms with Crippen LogP contribution in [0.5, 0.6) is 11.5 Å². The topological polar surface area (TPSA) is 99.2 Å². The number of aromatic nitrogens is 4. The fourth-order valence-electron chi connectivity index (χ4n) is 3.67. The molecule has 0 aliphatic rings. The van der Waals surface area contributed by atoms with Crippen molar-refractivity contribution >= 4 is 21.9 Å². The number of aromatic amines is 1. The summed E-state index contributed by atoms with van der Waals surface area (Å²) in [5.74, 6) is 1.67. The first-order valence-corrected chi connectivity index (χ1v) is 10.1. The highest BCUT2D eigenvalue weighted by molar-refractivity contribution is 6.04. The van der Waals surface area contributed by atoms with Crippen LogP contribution in [-0.4, -0.2) is 46.9 Å². The van der Waals surface area contributed by atoms with E-state index < -0.39 is 0 Å². The molecule has 4 rings (SSSR count). The molecule has 160 valence electrons. The number of nitrogens with one attached hydrogen (secondary N) is 1. The zero-order valence-electron chi connectivity index (χ0n) is 18.0. The molecule has 0 aliphatic heterocycles. The fourth-order valence-corrected chi connectivity index (χ4v) is 3.67. The Morgan fingerprint density at radius 1 is 1.00 bits per heavy atom. The van der Waals surface area contributed by atoms with Crippen LogP contribution >= 0.6 is 0 Å². The maximum Gasteiger partial charge on any atom is 0.262 e. The van der Waals surface area contributed by atoms with Gasteiger partial charge in [-0.15, -0.1) is 0 Å². The molecule has 0 aliphatic carbocycles. The average molecular weight is 420 g/mol. The van der Waals surface area contributed by atoms with Gasteiger partial charge in [0.2, 0.25) is 0 Å². The van der Waals surface area contributed by atoms with Gasteiger partial charge in [0.15, 0.2) is 0 Å². The van der Waals surface area contributed by atoms with Crippen molar-refractivity contribution < 1.29 is 14.2 Å². The van der Waals surface area contributed by atoms with E-state index in [-0.39, 0.29) is 5.56 Å². The standard InChI is InChI=1S/C23H24N4O4/c1-5-30-8-9-31-21-13(2)10-15(11-14(21)3)22-26-20-18(23(28)27-22)17(29-4)12-16-19(20)25-7-6-24-16/h6-7,10-12H,5,8-9H2,1-4H3,(H,26,27,28). The highest BCUT2D eigenvalue weighted by atomic mass is 16.5. The van der Waals surface area contributed by atoms with Crippen LogP contribution in [0.4, 0.5) is 0 Å². The Morgan fingerprint density at radius 2 is 1.74 bits per heavy atom. The summed E-state index contributed by atoms with van der Waals surface area (Å²) in [6, 6.07) is 5.59. The Bertz CT molecular complexity index is 1290. The first kappa shape index (κ1) is 20.7. The number of rotatable bonds is 7. The molecular weight excluding hydrogens is 396 g/mol. The second-order valence-corrected chi connectivity index (χ2v) is 7.13. The first-order chi connectivity index (χ1) is 15.0. The minimum atomic E-state index is -0.295. The van der Waals surface area contributed by atoms with Gasteiger partial charge in [-0.3, -0.25) is 14.8 Å². The van der Waals surface area contributed by atoms with Crippen LogP contribution in [-0.2, 0) is 4.74 Å². The zero-order valence-corrected chi connectivity index (χ0v) is 18.0. The predicted octanol–water partition coefficient (Wildman–Crippen LogP) is 3.57. The van der Waals surface area contributed by atoms with E-state index >= 15 is 0 Å². The number of methoxy groups -OCH3 is 1. The Kier molecular flexibility index (Phi) is 5.81. The lowest BCUT2D eigenvalue weighted by Crippen LogP contribution is -2.12. The number of fused-ring (bicyclic) bond motifs is 3. The highest BCUT2D eigenvalue weighted by Gasteiger charge is 2.17. The number of aryl methyl sites for hydroxylation is 2. The van der Waals surface area contributed by atoms with E-state index in [1.54, 1.807) is 18.5 Å². The second kappa shape index (κ2) is 8.69. The summed E-state index contributed by atoms with van der Waals surface area (Å²) < 4.78 is 16.6. The molecule has 0 amide bonds. The van der Waals surface area contributed by atoms with E-state index in [1.165, 1.54) is 7.11 Å². The summed E-state index contributed by atoms with van der Waals surface area (Å²) in [4.78, 5) is 29.3. The molecule has 4 aromatic rings. The van der Waals surface area contributed by atoms with E-state index in [9.17, 15) is 4.79 Å². The fraction of sp³-hybridized carbons (Fsp3) is 0.304. The molecule has 0 radical (unpaired) electrons. The maximum atomic E-state index is 13.0. The third-order valence-corrected chi connectivity index (χ3v) is 5.02. The van der Waals surface area contributed by atoms with E-state index in [1.807, 2.05) is 32.9 Å². The molecule has 2 heterocycles. The van der Waals surface area contributed by atoms with Gasteiger partial charge in [0, 0.05) is 30.6 Å². The Morgan fingerprint density at radius 3 is 2.45 bits per heavy atom. The van der Waals surface area contributed by atoms with Crippen LogP contribution in [0.1, 0.15) is 18.1 Å². The van der Waals surface area contributed by atoms with Gasteiger partial charge in [0.25, 0.3) is 5.56 Å². The van der Waals surface area contributed by atoms with Crippen molar-refractivity contribution in [2.45, 2.75) is 20.8 Å². The van der Waals surface area contributed by atoms with Gasteiger partial charge in [0.1, 0.15) is 40.3 Å². The molecule has 2 aromatic carbocycles. The molecule has 0 saturated heterocycles. The average Bonchev–Trinajstić information content (AvgIpc) is 2.77. The number of hydrogen-bond acceptors (Lipinski definition) is 7. The third kappa shape index (κ3) is 3.94. The molecule has 0 bridgehead atoms. The Labute approximate surface area is 179 Å². The molecule has 0 unspecified atom stereocenters. The largest absolute Gasteiger partial charge is 0.496 e. The number of benzene rings is 2. The van der Waals surface area contributed by atoms with Crippen molar-refractivity contribution in [1.29, 1.82) is 0 Å². The lowest BCUT2D eigenvalue weighted by molar-refractivity contribution is 0.109. The highest BCUT2D eigenvalue weighted by Crippen LogP contribution is 2.31. The van der Waals surface area contributed by atoms with E-state index in [0.29, 0.717) is 53.3 Å². The van der Waals surface area contributed by atoms with Crippen LogP contribution in [0.2, 0.25) is 0 Å². The minimum Gasteiger partial charge on any atom is -0.496 e. The van der Waals surface area contributed by atoms with Gasteiger partial charge < -0.3 is 19.2 Å². The van der Waals surface area contributed by atoms with E-state index in [2.05, 4.69) is 15.0 Å². The molecule has 0 saturated carbocycles. The summed E-state index contributed by atoms with van der Waals surface area (Å²) in [6.07, 6.45) is 3.18. The Balaban J connectivity index is 1.83. The Hall–Kier alpha value is -3.52. The van der Waals surface area contributed by atoms with Crippen LogP contribution in [0.15, 0.2) is 35.4 Å². The molecule has 8 heteroatoms. The number of ether oxygens (including phenoxy) is 3. The van der Waals surface area contributed by atoms with E-state index in [0.717, 1.165) is 22.4 Å². The molecule has 8 nitrogen and oxygen atoms in total. The quantitative estimate of drug-likeness (QED) is 0.360. The molecule has 0 atom stereocenters. The predicted molar refractivity (Wildman–Crippen MR) is 119 cm³/mol. The molecule has 31 heavy (non-hydrogen) atoms. The molecule has 1 N–H and O–H groups in total. The number of hydrogen-bond donors (Lipinski definition) is 1. The summed E-state index contributed by atoms with van der Waals surface area (Å²) in [5, 5.41) is 0.351.